The lowest BCUT2D eigenvalue weighted by Crippen LogP contribution is -2.48. The van der Waals surface area contributed by atoms with Gasteiger partial charge in [0.1, 0.15) is 11.8 Å². The summed E-state index contributed by atoms with van der Waals surface area (Å²) >= 11 is 15.7. The molecule has 0 bridgehead atoms. The van der Waals surface area contributed by atoms with Gasteiger partial charge in [-0.05, 0) is 64.2 Å². The molecular weight excluding hydrogens is 491 g/mol. The largest absolute Gasteiger partial charge is 0.483 e. The molecule has 0 heterocycles. The van der Waals surface area contributed by atoms with Gasteiger partial charge in [0.15, 0.2) is 6.61 Å². The molecular formula is C22H25BrCl2N2O3. The first-order valence-corrected chi connectivity index (χ1v) is 11.1. The molecule has 1 atom stereocenters. The maximum absolute atomic E-state index is 13.0. The number of benzene rings is 2. The molecule has 0 aliphatic carbocycles. The van der Waals surface area contributed by atoms with Gasteiger partial charge in [0.2, 0.25) is 5.91 Å². The highest BCUT2D eigenvalue weighted by atomic mass is 79.9. The van der Waals surface area contributed by atoms with Crippen LogP contribution >= 0.6 is 39.1 Å². The third-order valence-corrected chi connectivity index (χ3v) is 5.95. The minimum absolute atomic E-state index is 0.153. The van der Waals surface area contributed by atoms with Crippen molar-refractivity contribution in [2.75, 3.05) is 13.7 Å². The van der Waals surface area contributed by atoms with Crippen LogP contribution in [-0.2, 0) is 16.1 Å². The molecule has 2 amide bonds. The Labute approximate surface area is 195 Å². The first-order valence-electron chi connectivity index (χ1n) is 9.51. The summed E-state index contributed by atoms with van der Waals surface area (Å²) in [5.74, 6) is 0.322. The summed E-state index contributed by atoms with van der Waals surface area (Å²) in [6.07, 6.45) is 0. The number of carbonyl (C=O) groups excluding carboxylic acids is 2. The van der Waals surface area contributed by atoms with Crippen LogP contribution < -0.4 is 10.1 Å². The highest BCUT2D eigenvalue weighted by Crippen LogP contribution is 2.29. The van der Waals surface area contributed by atoms with Crippen LogP contribution in [0.25, 0.3) is 0 Å². The highest BCUT2D eigenvalue weighted by molar-refractivity contribution is 9.10. The molecule has 0 unspecified atom stereocenters. The van der Waals surface area contributed by atoms with Gasteiger partial charge in [0.05, 0.1) is 4.47 Å². The zero-order valence-corrected chi connectivity index (χ0v) is 20.4. The maximum atomic E-state index is 13.0. The van der Waals surface area contributed by atoms with E-state index in [4.69, 9.17) is 27.9 Å². The minimum Gasteiger partial charge on any atom is -0.483 e. The maximum Gasteiger partial charge on any atom is 0.261 e. The molecule has 2 rings (SSSR count). The first-order chi connectivity index (χ1) is 14.1. The van der Waals surface area contributed by atoms with E-state index in [2.05, 4.69) is 35.1 Å². The molecule has 0 spiro atoms. The number of ether oxygens (including phenoxy) is 1. The molecule has 0 saturated heterocycles. The summed E-state index contributed by atoms with van der Waals surface area (Å²) in [6, 6.07) is 10.1. The molecule has 162 valence electrons. The van der Waals surface area contributed by atoms with Crippen LogP contribution in [0.2, 0.25) is 10.0 Å². The van der Waals surface area contributed by atoms with Crippen molar-refractivity contribution in [2.45, 2.75) is 39.3 Å². The van der Waals surface area contributed by atoms with Crippen molar-refractivity contribution >= 4 is 50.9 Å². The molecule has 2 aromatic carbocycles. The SMILES string of the molecule is CNC(=O)[C@H](C)N(Cc1ccc(Cl)cc1Cl)C(=O)COc1ccc(C(C)C)cc1Br. The van der Waals surface area contributed by atoms with Crippen LogP contribution in [0, 0.1) is 0 Å². The van der Waals surface area contributed by atoms with Crippen molar-refractivity contribution < 1.29 is 14.3 Å². The molecule has 0 aliphatic heterocycles. The lowest BCUT2D eigenvalue weighted by atomic mass is 10.0. The number of rotatable bonds is 8. The Hall–Kier alpha value is -1.76. The molecule has 8 heteroatoms. The average molecular weight is 516 g/mol. The van der Waals surface area contributed by atoms with Crippen molar-refractivity contribution in [3.05, 3.63) is 62.0 Å². The van der Waals surface area contributed by atoms with Gasteiger partial charge in [-0.15, -0.1) is 0 Å². The van der Waals surface area contributed by atoms with Crippen molar-refractivity contribution in [1.29, 1.82) is 0 Å². The van der Waals surface area contributed by atoms with E-state index in [0.29, 0.717) is 27.3 Å². The van der Waals surface area contributed by atoms with Crippen LogP contribution in [0.1, 0.15) is 37.8 Å². The van der Waals surface area contributed by atoms with E-state index in [0.717, 1.165) is 10.0 Å². The normalized spacial score (nSPS) is 11.9. The average Bonchev–Trinajstić information content (AvgIpc) is 2.70. The van der Waals surface area contributed by atoms with Crippen molar-refractivity contribution in [3.63, 3.8) is 0 Å². The van der Waals surface area contributed by atoms with Gasteiger partial charge in [0.25, 0.3) is 5.91 Å². The number of likely N-dealkylation sites (N-methyl/N-ethyl adjacent to an activating group) is 1. The lowest BCUT2D eigenvalue weighted by molar-refractivity contribution is -0.142. The Kier molecular flexibility index (Phi) is 9.01. The summed E-state index contributed by atoms with van der Waals surface area (Å²) in [5.41, 5.74) is 1.85. The van der Waals surface area contributed by atoms with E-state index < -0.39 is 6.04 Å². The second kappa shape index (κ2) is 11.0. The Morgan fingerprint density at radius 2 is 1.83 bits per heavy atom. The van der Waals surface area contributed by atoms with Crippen LogP contribution in [0.4, 0.5) is 0 Å². The topological polar surface area (TPSA) is 58.6 Å². The molecule has 2 aromatic rings. The summed E-state index contributed by atoms with van der Waals surface area (Å²) in [5, 5.41) is 3.50. The van der Waals surface area contributed by atoms with Crippen LogP contribution in [-0.4, -0.2) is 36.4 Å². The lowest BCUT2D eigenvalue weighted by Gasteiger charge is -2.28. The highest BCUT2D eigenvalue weighted by Gasteiger charge is 2.26. The Bertz CT molecular complexity index is 921. The van der Waals surface area contributed by atoms with Crippen LogP contribution in [0.5, 0.6) is 5.75 Å². The number of carbonyl (C=O) groups is 2. The fraction of sp³-hybridized carbons (Fsp3) is 0.364. The second-order valence-electron chi connectivity index (χ2n) is 7.18. The molecule has 30 heavy (non-hydrogen) atoms. The summed E-state index contributed by atoms with van der Waals surface area (Å²) < 4.78 is 6.51. The van der Waals surface area contributed by atoms with Gasteiger partial charge in [-0.3, -0.25) is 9.59 Å². The van der Waals surface area contributed by atoms with E-state index in [1.54, 1.807) is 25.1 Å². The molecule has 0 aliphatic rings. The predicted molar refractivity (Wildman–Crippen MR) is 124 cm³/mol. The third kappa shape index (κ3) is 6.37. The molecule has 0 saturated carbocycles. The number of nitrogens with one attached hydrogen (secondary N) is 1. The van der Waals surface area contributed by atoms with E-state index in [-0.39, 0.29) is 25.0 Å². The number of nitrogens with zero attached hydrogens (tertiary/aromatic N) is 1. The summed E-state index contributed by atoms with van der Waals surface area (Å²) in [7, 11) is 1.53. The minimum atomic E-state index is -0.704. The first kappa shape index (κ1) is 24.5. The smallest absolute Gasteiger partial charge is 0.261 e. The van der Waals surface area contributed by atoms with E-state index >= 15 is 0 Å². The van der Waals surface area contributed by atoms with Gasteiger partial charge in [-0.2, -0.15) is 0 Å². The van der Waals surface area contributed by atoms with Gasteiger partial charge >= 0.3 is 0 Å². The van der Waals surface area contributed by atoms with Gasteiger partial charge in [-0.25, -0.2) is 0 Å². The van der Waals surface area contributed by atoms with E-state index in [1.165, 1.54) is 11.9 Å². The standard InChI is InChI=1S/C22H25BrCl2N2O3/c1-13(2)15-6-8-20(18(23)9-15)30-12-21(28)27(14(3)22(29)26-4)11-16-5-7-17(24)10-19(16)25/h5-10,13-14H,11-12H2,1-4H3,(H,26,29)/t14-/m0/s1. The Morgan fingerprint density at radius 3 is 2.40 bits per heavy atom. The van der Waals surface area contributed by atoms with Crippen molar-refractivity contribution in [1.82, 2.24) is 10.2 Å². The second-order valence-corrected chi connectivity index (χ2v) is 8.88. The molecule has 1 N–H and O–H groups in total. The number of halogens is 3. The zero-order chi connectivity index (χ0) is 22.4. The number of amides is 2. The van der Waals surface area contributed by atoms with Crippen molar-refractivity contribution in [2.24, 2.45) is 0 Å². The molecule has 5 nitrogen and oxygen atoms in total. The van der Waals surface area contributed by atoms with Gasteiger partial charge in [-0.1, -0.05) is 49.2 Å². The fourth-order valence-electron chi connectivity index (χ4n) is 2.84. The molecule has 0 fully saturated rings. The zero-order valence-electron chi connectivity index (χ0n) is 17.3. The van der Waals surface area contributed by atoms with Crippen molar-refractivity contribution in [3.8, 4) is 5.75 Å². The Balaban J connectivity index is 2.19. The van der Waals surface area contributed by atoms with Gasteiger partial charge < -0.3 is 15.0 Å². The Morgan fingerprint density at radius 1 is 1.13 bits per heavy atom. The monoisotopic (exact) mass is 514 g/mol. The molecule has 0 radical (unpaired) electrons. The van der Waals surface area contributed by atoms with Gasteiger partial charge in [0, 0.05) is 23.6 Å². The number of hydrogen-bond donors (Lipinski definition) is 1. The van der Waals surface area contributed by atoms with E-state index in [1.807, 2.05) is 18.2 Å². The summed E-state index contributed by atoms with van der Waals surface area (Å²) in [6.45, 7) is 5.80. The van der Waals surface area contributed by atoms with Crippen LogP contribution in [0.15, 0.2) is 40.9 Å². The molecule has 0 aromatic heterocycles. The fourth-order valence-corrected chi connectivity index (χ4v) is 3.82. The van der Waals surface area contributed by atoms with Crippen LogP contribution in [0.3, 0.4) is 0 Å². The quantitative estimate of drug-likeness (QED) is 0.510. The third-order valence-electron chi connectivity index (χ3n) is 4.74. The summed E-state index contributed by atoms with van der Waals surface area (Å²) in [4.78, 5) is 26.6. The van der Waals surface area contributed by atoms with E-state index in [9.17, 15) is 9.59 Å². The number of hydrogen-bond acceptors (Lipinski definition) is 3. The predicted octanol–water partition coefficient (Wildman–Crippen LogP) is 5.42.